The summed E-state index contributed by atoms with van der Waals surface area (Å²) in [4.78, 5) is 56.2. The first kappa shape index (κ1) is 44.3. The summed E-state index contributed by atoms with van der Waals surface area (Å²) in [6.45, 7) is 2.91. The highest BCUT2D eigenvalue weighted by atomic mass is 16.5. The van der Waals surface area contributed by atoms with E-state index in [1.54, 1.807) is 6.07 Å². The van der Waals surface area contributed by atoms with Crippen LogP contribution < -0.4 is 30.7 Å². The molecule has 1 saturated heterocycles. The molecule has 4 amide bonds. The van der Waals surface area contributed by atoms with Crippen molar-refractivity contribution in [2.24, 2.45) is 0 Å². The van der Waals surface area contributed by atoms with E-state index in [-0.39, 0.29) is 75.0 Å². The molecular weight excluding hydrogens is 797 g/mol. The molecule has 16 nitrogen and oxygen atoms in total. The molecule has 2 fully saturated rings. The largest absolute Gasteiger partial charge is 0.504 e. The second-order valence-electron chi connectivity index (χ2n) is 16.4. The lowest BCUT2D eigenvalue weighted by Crippen LogP contribution is -2.77. The van der Waals surface area contributed by atoms with Gasteiger partial charge in [-0.25, -0.2) is 4.98 Å². The second-order valence-corrected chi connectivity index (χ2v) is 16.4. The van der Waals surface area contributed by atoms with Crippen LogP contribution in [0.25, 0.3) is 0 Å². The Kier molecular flexibility index (Phi) is 14.3. The predicted octanol–water partition coefficient (Wildman–Crippen LogP) is 1.40. The zero-order valence-electron chi connectivity index (χ0n) is 35.3. The van der Waals surface area contributed by atoms with Crippen molar-refractivity contribution in [2.45, 2.75) is 81.1 Å². The van der Waals surface area contributed by atoms with Crippen molar-refractivity contribution < 1.29 is 48.3 Å². The standard InChI is InChI=1S/C46H56N6O10/c1-30-8-6-10-33(50-30)14-12-31-9-7-11-34(24-31)61-23-21-49-40(56)28-59-26-38(54)47-19-4-3-5-20-48-39(55)27-60-29-41(57)51-35-16-17-46(58)37-25-32-13-15-36(53)43-42(32)45(46,44(35)62-43)18-22-52(37)2/h6-11,13,15,24,35,37,44,53,58H,3-5,16-23,25-29H2,1-2H3,(H,47,54)(H,48,55)(H,49,56)(H,51,57)/t35-,37+,44-,45-,46+/m0/s1. The van der Waals surface area contributed by atoms with Gasteiger partial charge in [0.05, 0.1) is 23.6 Å². The van der Waals surface area contributed by atoms with Crippen molar-refractivity contribution in [1.82, 2.24) is 31.2 Å². The molecule has 16 heteroatoms. The van der Waals surface area contributed by atoms with Crippen LogP contribution in [-0.4, -0.2) is 134 Å². The summed E-state index contributed by atoms with van der Waals surface area (Å²) < 4.78 is 22.8. The van der Waals surface area contributed by atoms with Gasteiger partial charge in [-0.2, -0.15) is 0 Å². The Morgan fingerprint density at radius 2 is 1.56 bits per heavy atom. The van der Waals surface area contributed by atoms with Gasteiger partial charge in [-0.1, -0.05) is 24.1 Å². The van der Waals surface area contributed by atoms with Crippen molar-refractivity contribution >= 4 is 23.6 Å². The van der Waals surface area contributed by atoms with E-state index < -0.39 is 23.2 Å². The Hall–Kier alpha value is -5.73. The molecule has 3 heterocycles. The fourth-order valence-electron chi connectivity index (χ4n) is 9.43. The zero-order valence-corrected chi connectivity index (χ0v) is 35.3. The summed E-state index contributed by atoms with van der Waals surface area (Å²) in [6.07, 6.45) is 3.86. The van der Waals surface area contributed by atoms with Crippen LogP contribution in [0.15, 0.2) is 54.6 Å². The molecule has 330 valence electrons. The van der Waals surface area contributed by atoms with Gasteiger partial charge in [0.15, 0.2) is 11.5 Å². The molecule has 1 saturated carbocycles. The van der Waals surface area contributed by atoms with Gasteiger partial charge in [-0.15, -0.1) is 0 Å². The number of hydrogen-bond donors (Lipinski definition) is 6. The number of carbonyl (C=O) groups excluding carboxylic acids is 4. The molecule has 5 atom stereocenters. The van der Waals surface area contributed by atoms with Gasteiger partial charge >= 0.3 is 0 Å². The first-order valence-corrected chi connectivity index (χ1v) is 21.3. The maximum absolute atomic E-state index is 13.0. The summed E-state index contributed by atoms with van der Waals surface area (Å²) in [5.74, 6) is 5.76. The number of hydrogen-bond acceptors (Lipinski definition) is 12. The quantitative estimate of drug-likeness (QED) is 0.0748. The number of likely N-dealkylation sites (tertiary alicyclic amines) is 1. The Balaban J connectivity index is 0.696. The smallest absolute Gasteiger partial charge is 0.246 e. The number of phenolic OH excluding ortho intramolecular Hbond substituents is 1. The van der Waals surface area contributed by atoms with E-state index in [9.17, 15) is 29.4 Å². The van der Waals surface area contributed by atoms with E-state index in [2.05, 4.69) is 43.0 Å². The van der Waals surface area contributed by atoms with Crippen LogP contribution in [0.1, 0.15) is 66.6 Å². The van der Waals surface area contributed by atoms with Crippen molar-refractivity contribution in [2.75, 3.05) is 66.3 Å². The lowest BCUT2D eigenvalue weighted by molar-refractivity contribution is -0.187. The highest BCUT2D eigenvalue weighted by Gasteiger charge is 2.72. The monoisotopic (exact) mass is 852 g/mol. The predicted molar refractivity (Wildman–Crippen MR) is 226 cm³/mol. The number of ether oxygens (including phenoxy) is 4. The number of benzene rings is 2. The number of unbranched alkanes of at least 4 members (excludes halogenated alkanes) is 2. The molecule has 2 aliphatic heterocycles. The summed E-state index contributed by atoms with van der Waals surface area (Å²) in [5, 5.41) is 34.3. The van der Waals surface area contributed by atoms with Crippen LogP contribution in [0, 0.1) is 18.8 Å². The second kappa shape index (κ2) is 20.0. The molecule has 1 aromatic heterocycles. The van der Waals surface area contributed by atoms with Gasteiger partial charge in [-0.3, -0.25) is 19.2 Å². The van der Waals surface area contributed by atoms with Gasteiger partial charge in [0.2, 0.25) is 23.6 Å². The van der Waals surface area contributed by atoms with E-state index in [0.29, 0.717) is 68.8 Å². The van der Waals surface area contributed by atoms with E-state index in [1.807, 2.05) is 62.5 Å². The summed E-state index contributed by atoms with van der Waals surface area (Å²) in [5.41, 5.74) is 2.52. The summed E-state index contributed by atoms with van der Waals surface area (Å²) in [7, 11) is 2.03. The van der Waals surface area contributed by atoms with Gasteiger partial charge < -0.3 is 55.3 Å². The number of aliphatic hydroxyl groups is 1. The topological polar surface area (TPSA) is 210 Å². The van der Waals surface area contributed by atoms with Crippen LogP contribution >= 0.6 is 0 Å². The molecule has 6 N–H and O–H groups in total. The fraction of sp³-hybridized carbons (Fsp3) is 0.500. The van der Waals surface area contributed by atoms with E-state index in [0.717, 1.165) is 35.3 Å². The van der Waals surface area contributed by atoms with Crippen molar-refractivity contribution in [1.29, 1.82) is 0 Å². The highest BCUT2D eigenvalue weighted by molar-refractivity contribution is 5.80. The van der Waals surface area contributed by atoms with E-state index in [4.69, 9.17) is 18.9 Å². The SMILES string of the molecule is Cc1cccc(C#Cc2cccc(OCCNC(=O)COCC(=O)NCCCCCNC(=O)COCC(=O)N[C@H]3CC[C@@]4(O)[C@H]5Cc6ccc(O)c7c6[C@@]4(CCN5C)[C@H]3O7)c2)n1. The molecule has 2 aromatic carbocycles. The molecule has 2 bridgehead atoms. The van der Waals surface area contributed by atoms with Gasteiger partial charge in [0.25, 0.3) is 0 Å². The lowest BCUT2D eigenvalue weighted by atomic mass is 9.48. The minimum atomic E-state index is -1.05. The number of nitrogens with one attached hydrogen (secondary N) is 4. The molecule has 3 aromatic rings. The molecule has 62 heavy (non-hydrogen) atoms. The first-order valence-electron chi connectivity index (χ1n) is 21.3. The number of likely N-dealkylation sites (N-methyl/N-ethyl adjacent to an activating group) is 1. The summed E-state index contributed by atoms with van der Waals surface area (Å²) in [6, 6.07) is 16.1. The Morgan fingerprint density at radius 1 is 0.871 bits per heavy atom. The molecule has 4 aliphatic rings. The number of carbonyl (C=O) groups is 4. The number of aromatic nitrogens is 1. The van der Waals surface area contributed by atoms with Gasteiger partial charge in [0.1, 0.15) is 50.6 Å². The maximum Gasteiger partial charge on any atom is 0.246 e. The Bertz CT molecular complexity index is 2190. The molecule has 0 unspecified atom stereocenters. The van der Waals surface area contributed by atoms with E-state index >= 15 is 0 Å². The maximum atomic E-state index is 13.0. The highest BCUT2D eigenvalue weighted by Crippen LogP contribution is 2.65. The Morgan fingerprint density at radius 3 is 2.29 bits per heavy atom. The summed E-state index contributed by atoms with van der Waals surface area (Å²) >= 11 is 0. The number of aryl methyl sites for hydroxylation is 1. The number of aromatic hydroxyl groups is 1. The van der Waals surface area contributed by atoms with Gasteiger partial charge in [-0.05, 0) is 113 Å². The first-order chi connectivity index (χ1) is 30.0. The zero-order chi connectivity index (χ0) is 43.7. The number of piperidine rings is 1. The number of pyridine rings is 1. The van der Waals surface area contributed by atoms with Crippen molar-refractivity contribution in [3.8, 4) is 29.1 Å². The van der Waals surface area contributed by atoms with Crippen LogP contribution in [-0.2, 0) is 40.5 Å². The third-order valence-electron chi connectivity index (χ3n) is 12.3. The molecular formula is C46H56N6O10. The number of amides is 4. The van der Waals surface area contributed by atoms with Crippen molar-refractivity contribution in [3.63, 3.8) is 0 Å². The Labute approximate surface area is 361 Å². The van der Waals surface area contributed by atoms with Crippen LogP contribution in [0.2, 0.25) is 0 Å². The van der Waals surface area contributed by atoms with Gasteiger partial charge in [0, 0.05) is 36.0 Å². The van der Waals surface area contributed by atoms with Crippen molar-refractivity contribution in [3.05, 3.63) is 82.7 Å². The third-order valence-corrected chi connectivity index (χ3v) is 12.3. The molecule has 0 radical (unpaired) electrons. The normalized spacial score (nSPS) is 22.9. The fourth-order valence-corrected chi connectivity index (χ4v) is 9.43. The molecule has 2 aliphatic carbocycles. The minimum absolute atomic E-state index is 0.0389. The average molecular weight is 853 g/mol. The average Bonchev–Trinajstić information content (AvgIpc) is 3.61. The third kappa shape index (κ3) is 9.97. The van der Waals surface area contributed by atoms with Crippen LogP contribution in [0.5, 0.6) is 17.2 Å². The molecule has 7 rings (SSSR count). The van der Waals surface area contributed by atoms with Crippen LogP contribution in [0.3, 0.4) is 0 Å². The number of rotatable bonds is 19. The molecule has 1 spiro atoms. The lowest BCUT2D eigenvalue weighted by Gasteiger charge is -2.63. The number of phenols is 1. The minimum Gasteiger partial charge on any atom is -0.504 e. The number of nitrogens with zero attached hydrogens (tertiary/aromatic N) is 2. The van der Waals surface area contributed by atoms with E-state index in [1.165, 1.54) is 0 Å². The van der Waals surface area contributed by atoms with Crippen LogP contribution in [0.4, 0.5) is 0 Å².